The van der Waals surface area contributed by atoms with Gasteiger partial charge in [0.15, 0.2) is 0 Å². The molecule has 0 atom stereocenters. The fourth-order valence-electron chi connectivity index (χ4n) is 5.00. The van der Waals surface area contributed by atoms with Gasteiger partial charge in [-0.05, 0) is 58.4 Å². The van der Waals surface area contributed by atoms with Gasteiger partial charge in [0.05, 0.1) is 18.1 Å². The van der Waals surface area contributed by atoms with E-state index in [1.165, 1.54) is 6.21 Å². The number of nitrogens with zero attached hydrogens (tertiary/aromatic N) is 4. The van der Waals surface area contributed by atoms with E-state index in [-0.39, 0.29) is 17.1 Å². The van der Waals surface area contributed by atoms with Crippen molar-refractivity contribution in [2.45, 2.75) is 58.2 Å². The number of hydrogen-bond acceptors (Lipinski definition) is 7. The monoisotopic (exact) mass is 440 g/mol. The van der Waals surface area contributed by atoms with Crippen molar-refractivity contribution in [2.75, 3.05) is 20.1 Å². The smallest absolute Gasteiger partial charge is 0.410 e. The Hall–Kier alpha value is -3.10. The lowest BCUT2D eigenvalue weighted by Crippen LogP contribution is -2.55. The molecule has 1 spiro atoms. The number of carbonyl (C=O) groups excluding carboxylic acids is 1. The molecule has 9 heteroatoms. The Morgan fingerprint density at radius 1 is 1.34 bits per heavy atom. The van der Waals surface area contributed by atoms with Crippen molar-refractivity contribution in [3.63, 3.8) is 0 Å². The van der Waals surface area contributed by atoms with Crippen LogP contribution in [0.5, 0.6) is 5.88 Å². The van der Waals surface area contributed by atoms with Crippen molar-refractivity contribution in [1.82, 2.24) is 24.8 Å². The number of amides is 1. The van der Waals surface area contributed by atoms with Crippen molar-refractivity contribution in [1.29, 1.82) is 5.41 Å². The summed E-state index contributed by atoms with van der Waals surface area (Å²) in [4.78, 5) is 19.0. The lowest BCUT2D eigenvalue weighted by atomic mass is 9.59. The lowest BCUT2D eigenvalue weighted by Gasteiger charge is -2.52. The standard InChI is InChI=1S/C23H32N6O3/c1-21(2,3)32-20(30)28-9-7-23(15-28)13-22(4,14-23)31-19-18-6-8-26-29(18)12-17(27-19)16(10-24)11-25-5/h6,8,10-12,24-25H,7,9,13-15H2,1-5H3/b16-11+,24-10?. The minimum absolute atomic E-state index is 0.0615. The van der Waals surface area contributed by atoms with Gasteiger partial charge in [0.2, 0.25) is 5.88 Å². The molecule has 1 aliphatic carbocycles. The van der Waals surface area contributed by atoms with Gasteiger partial charge in [0, 0.05) is 38.1 Å². The summed E-state index contributed by atoms with van der Waals surface area (Å²) in [7, 11) is 1.78. The molecule has 1 amide bonds. The molecule has 32 heavy (non-hydrogen) atoms. The van der Waals surface area contributed by atoms with Crippen molar-refractivity contribution in [3.05, 3.63) is 30.4 Å². The van der Waals surface area contributed by atoms with Crippen LogP contribution in [-0.4, -0.2) is 63.1 Å². The Labute approximate surface area is 188 Å². The molecule has 0 aromatic carbocycles. The molecule has 2 N–H and O–H groups in total. The van der Waals surface area contributed by atoms with E-state index < -0.39 is 5.60 Å². The van der Waals surface area contributed by atoms with Crippen LogP contribution in [0.4, 0.5) is 4.79 Å². The Balaban J connectivity index is 1.49. The number of ether oxygens (including phenoxy) is 2. The Kier molecular flexibility index (Phi) is 5.38. The third kappa shape index (κ3) is 4.28. The third-order valence-corrected chi connectivity index (χ3v) is 6.04. The second-order valence-corrected chi connectivity index (χ2v) is 10.2. The van der Waals surface area contributed by atoms with Gasteiger partial charge in [-0.2, -0.15) is 5.10 Å². The summed E-state index contributed by atoms with van der Waals surface area (Å²) in [6.07, 6.45) is 8.86. The van der Waals surface area contributed by atoms with E-state index >= 15 is 0 Å². The van der Waals surface area contributed by atoms with Gasteiger partial charge in [-0.1, -0.05) is 0 Å². The molecule has 1 saturated heterocycles. The molecular formula is C23H32N6O3. The van der Waals surface area contributed by atoms with Crippen LogP contribution in [0, 0.1) is 10.8 Å². The Morgan fingerprint density at radius 3 is 2.75 bits per heavy atom. The quantitative estimate of drug-likeness (QED) is 0.690. The maximum atomic E-state index is 12.5. The molecule has 2 aromatic heterocycles. The molecule has 0 unspecified atom stereocenters. The number of aromatic nitrogens is 3. The van der Waals surface area contributed by atoms with E-state index in [2.05, 4.69) is 17.3 Å². The fourth-order valence-corrected chi connectivity index (χ4v) is 5.00. The lowest BCUT2D eigenvalue weighted by molar-refractivity contribution is -0.0915. The zero-order valence-electron chi connectivity index (χ0n) is 19.4. The van der Waals surface area contributed by atoms with E-state index in [0.717, 1.165) is 24.8 Å². The summed E-state index contributed by atoms with van der Waals surface area (Å²) >= 11 is 0. The van der Waals surface area contributed by atoms with E-state index in [4.69, 9.17) is 19.9 Å². The SMILES string of the molecule is CN/C=C(\C=N)c1cn2nccc2c(OC2(C)CC3(CCN(C(=O)OC(C)(C)C)C3)C2)n1. The minimum atomic E-state index is -0.492. The Bertz CT molecular complexity index is 1060. The molecular weight excluding hydrogens is 408 g/mol. The van der Waals surface area contributed by atoms with Gasteiger partial charge in [0.1, 0.15) is 16.7 Å². The number of likely N-dealkylation sites (tertiary alicyclic amines) is 1. The number of nitrogens with one attached hydrogen (secondary N) is 2. The molecule has 172 valence electrons. The van der Waals surface area contributed by atoms with Crippen LogP contribution in [0.15, 0.2) is 24.7 Å². The highest BCUT2D eigenvalue weighted by molar-refractivity contribution is 6.07. The normalized spacial score (nSPS) is 25.7. The van der Waals surface area contributed by atoms with Crippen molar-refractivity contribution < 1.29 is 14.3 Å². The van der Waals surface area contributed by atoms with E-state index in [1.807, 2.05) is 31.7 Å². The first kappa shape index (κ1) is 22.1. The topological polar surface area (TPSA) is 105 Å². The predicted molar refractivity (Wildman–Crippen MR) is 122 cm³/mol. The molecule has 2 aromatic rings. The highest BCUT2D eigenvalue weighted by Crippen LogP contribution is 2.55. The van der Waals surface area contributed by atoms with Crippen LogP contribution in [-0.2, 0) is 4.74 Å². The van der Waals surface area contributed by atoms with E-state index in [1.54, 1.807) is 30.2 Å². The van der Waals surface area contributed by atoms with Crippen molar-refractivity contribution in [3.8, 4) is 5.88 Å². The highest BCUT2D eigenvalue weighted by Gasteiger charge is 2.57. The molecule has 1 aliphatic heterocycles. The molecule has 0 radical (unpaired) electrons. The molecule has 3 heterocycles. The highest BCUT2D eigenvalue weighted by atomic mass is 16.6. The third-order valence-electron chi connectivity index (χ3n) is 6.04. The van der Waals surface area contributed by atoms with E-state index in [0.29, 0.717) is 30.2 Å². The molecule has 2 fully saturated rings. The van der Waals surface area contributed by atoms with Crippen LogP contribution in [0.2, 0.25) is 0 Å². The van der Waals surface area contributed by atoms with Crippen LogP contribution in [0.25, 0.3) is 11.1 Å². The maximum absolute atomic E-state index is 12.5. The van der Waals surface area contributed by atoms with Crippen LogP contribution >= 0.6 is 0 Å². The second kappa shape index (κ2) is 7.79. The minimum Gasteiger partial charge on any atom is -0.470 e. The summed E-state index contributed by atoms with van der Waals surface area (Å²) in [5.74, 6) is 0.503. The zero-order valence-corrected chi connectivity index (χ0v) is 19.4. The number of hydrogen-bond donors (Lipinski definition) is 2. The molecule has 4 rings (SSSR count). The average molecular weight is 441 g/mol. The maximum Gasteiger partial charge on any atom is 0.410 e. The second-order valence-electron chi connectivity index (χ2n) is 10.2. The van der Waals surface area contributed by atoms with E-state index in [9.17, 15) is 4.79 Å². The van der Waals surface area contributed by atoms with Crippen molar-refractivity contribution >= 4 is 23.4 Å². The fraction of sp³-hybridized carbons (Fsp3) is 0.565. The van der Waals surface area contributed by atoms with Gasteiger partial charge in [-0.3, -0.25) is 0 Å². The van der Waals surface area contributed by atoms with Gasteiger partial charge >= 0.3 is 6.09 Å². The molecule has 0 bridgehead atoms. The number of fused-ring (bicyclic) bond motifs is 1. The zero-order chi connectivity index (χ0) is 23.1. The first-order valence-electron chi connectivity index (χ1n) is 11.0. The summed E-state index contributed by atoms with van der Waals surface area (Å²) in [5, 5.41) is 15.0. The van der Waals surface area contributed by atoms with Gasteiger partial charge in [0.25, 0.3) is 0 Å². The summed E-state index contributed by atoms with van der Waals surface area (Å²) < 4.78 is 13.7. The summed E-state index contributed by atoms with van der Waals surface area (Å²) in [6, 6.07) is 1.87. The summed E-state index contributed by atoms with van der Waals surface area (Å²) in [5.41, 5.74) is 1.22. The molecule has 9 nitrogen and oxygen atoms in total. The summed E-state index contributed by atoms with van der Waals surface area (Å²) in [6.45, 7) is 9.16. The van der Waals surface area contributed by atoms with Gasteiger partial charge in [-0.25, -0.2) is 14.3 Å². The predicted octanol–water partition coefficient (Wildman–Crippen LogP) is 3.50. The molecule has 1 saturated carbocycles. The van der Waals surface area contributed by atoms with Crippen molar-refractivity contribution in [2.24, 2.45) is 5.41 Å². The number of allylic oxidation sites excluding steroid dienone is 1. The Morgan fingerprint density at radius 2 is 2.09 bits per heavy atom. The first-order chi connectivity index (χ1) is 15.1. The number of rotatable bonds is 5. The van der Waals surface area contributed by atoms with Crippen LogP contribution in [0.3, 0.4) is 0 Å². The van der Waals surface area contributed by atoms with Crippen LogP contribution < -0.4 is 10.1 Å². The first-order valence-corrected chi connectivity index (χ1v) is 11.0. The van der Waals surface area contributed by atoms with Crippen LogP contribution in [0.1, 0.15) is 52.7 Å². The number of carbonyl (C=O) groups is 1. The van der Waals surface area contributed by atoms with Gasteiger partial charge in [-0.15, -0.1) is 0 Å². The average Bonchev–Trinajstić information content (AvgIpc) is 3.31. The largest absolute Gasteiger partial charge is 0.470 e. The molecule has 2 aliphatic rings. The van der Waals surface area contributed by atoms with Gasteiger partial charge < -0.3 is 25.1 Å².